The van der Waals surface area contributed by atoms with Crippen LogP contribution in [0, 0.1) is 12.3 Å². The molecular weight excluding hydrogens is 262 g/mol. The van der Waals surface area contributed by atoms with Crippen LogP contribution >= 0.6 is 0 Å². The second-order valence-electron chi connectivity index (χ2n) is 5.21. The van der Waals surface area contributed by atoms with Gasteiger partial charge in [0.15, 0.2) is 0 Å². The predicted molar refractivity (Wildman–Crippen MR) is 85.8 cm³/mol. The van der Waals surface area contributed by atoms with E-state index in [1.54, 1.807) is 0 Å². The Bertz CT molecular complexity index is 681. The molecule has 0 atom stereocenters. The van der Waals surface area contributed by atoms with Crippen molar-refractivity contribution in [1.29, 1.82) is 5.41 Å². The van der Waals surface area contributed by atoms with Crippen LogP contribution in [0.1, 0.15) is 17.5 Å². The van der Waals surface area contributed by atoms with Gasteiger partial charge in [-0.15, -0.1) is 0 Å². The quantitative estimate of drug-likeness (QED) is 0.656. The third-order valence-corrected chi connectivity index (χ3v) is 3.74. The Hall–Kier alpha value is -2.49. The highest BCUT2D eigenvalue weighted by atomic mass is 16.5. The van der Waals surface area contributed by atoms with Crippen molar-refractivity contribution in [3.05, 3.63) is 53.6 Å². The third-order valence-electron chi connectivity index (χ3n) is 3.74. The van der Waals surface area contributed by atoms with Crippen LogP contribution in [0.15, 0.2) is 42.5 Å². The average Bonchev–Trinajstić information content (AvgIpc) is 2.69. The molecule has 0 fully saturated rings. The zero-order chi connectivity index (χ0) is 14.8. The third kappa shape index (κ3) is 2.44. The largest absolute Gasteiger partial charge is 0.491 e. The number of rotatable bonds is 2. The number of ether oxygens (including phenoxy) is 1. The molecule has 4 heteroatoms. The molecule has 1 heterocycles. The molecule has 108 valence electrons. The summed E-state index contributed by atoms with van der Waals surface area (Å²) >= 11 is 0. The van der Waals surface area contributed by atoms with Crippen molar-refractivity contribution >= 4 is 17.2 Å². The fourth-order valence-corrected chi connectivity index (χ4v) is 2.79. The van der Waals surface area contributed by atoms with Crippen LogP contribution in [0.5, 0.6) is 5.75 Å². The number of hydrogen-bond donors (Lipinski definition) is 2. The zero-order valence-electron chi connectivity index (χ0n) is 12.1. The van der Waals surface area contributed by atoms with Gasteiger partial charge in [0.05, 0.1) is 18.0 Å². The van der Waals surface area contributed by atoms with E-state index < -0.39 is 0 Å². The van der Waals surface area contributed by atoms with E-state index in [1.165, 1.54) is 0 Å². The molecule has 4 nitrogen and oxygen atoms in total. The Balaban J connectivity index is 2.19. The molecule has 0 spiro atoms. The number of hydrogen-bond acceptors (Lipinski definition) is 3. The lowest BCUT2D eigenvalue weighted by Gasteiger charge is -2.27. The fraction of sp³-hybridized carbons (Fsp3) is 0.235. The second-order valence-corrected chi connectivity index (χ2v) is 5.21. The summed E-state index contributed by atoms with van der Waals surface area (Å²) in [6, 6.07) is 13.9. The summed E-state index contributed by atoms with van der Waals surface area (Å²) in [5.41, 5.74) is 9.69. The van der Waals surface area contributed by atoms with Gasteiger partial charge in [0.1, 0.15) is 11.6 Å². The SMILES string of the molecule is Cc1cccc(C(=N)N)c1N1CCCOc2ccccc21. The van der Waals surface area contributed by atoms with Crippen LogP contribution in [0.25, 0.3) is 0 Å². The molecule has 2 aromatic carbocycles. The Morgan fingerprint density at radius 3 is 2.81 bits per heavy atom. The first-order valence-corrected chi connectivity index (χ1v) is 7.12. The van der Waals surface area contributed by atoms with Gasteiger partial charge in [-0.3, -0.25) is 5.41 Å². The zero-order valence-corrected chi connectivity index (χ0v) is 12.1. The average molecular weight is 281 g/mol. The van der Waals surface area contributed by atoms with Gasteiger partial charge in [-0.05, 0) is 37.1 Å². The van der Waals surface area contributed by atoms with Crippen LogP contribution in [0.2, 0.25) is 0 Å². The summed E-state index contributed by atoms with van der Waals surface area (Å²) in [5.74, 6) is 0.976. The van der Waals surface area contributed by atoms with Crippen LogP contribution in [-0.4, -0.2) is 19.0 Å². The van der Waals surface area contributed by atoms with Crippen LogP contribution in [-0.2, 0) is 0 Å². The molecule has 0 saturated carbocycles. The summed E-state index contributed by atoms with van der Waals surface area (Å²) in [5, 5.41) is 7.85. The van der Waals surface area contributed by atoms with Crippen molar-refractivity contribution in [3.63, 3.8) is 0 Å². The molecule has 0 bridgehead atoms. The molecule has 3 N–H and O–H groups in total. The number of nitrogens with one attached hydrogen (secondary N) is 1. The molecule has 0 unspecified atom stereocenters. The standard InChI is InChI=1S/C17H19N3O/c1-12-6-4-7-13(17(18)19)16(12)20-10-5-11-21-15-9-3-2-8-14(15)20/h2-4,6-9H,5,10-11H2,1H3,(H3,18,19). The van der Waals surface area contributed by atoms with Crippen molar-refractivity contribution in [2.75, 3.05) is 18.1 Å². The summed E-state index contributed by atoms with van der Waals surface area (Å²) in [4.78, 5) is 2.22. The topological polar surface area (TPSA) is 62.3 Å². The minimum Gasteiger partial charge on any atom is -0.491 e. The normalized spacial score (nSPS) is 14.0. The molecule has 0 amide bonds. The Labute approximate surface area is 124 Å². The van der Waals surface area contributed by atoms with Crippen LogP contribution < -0.4 is 15.4 Å². The number of nitrogen functional groups attached to an aromatic ring is 1. The lowest BCUT2D eigenvalue weighted by atomic mass is 10.0. The van der Waals surface area contributed by atoms with E-state index in [0.29, 0.717) is 6.61 Å². The summed E-state index contributed by atoms with van der Waals surface area (Å²) in [6.07, 6.45) is 0.931. The summed E-state index contributed by atoms with van der Waals surface area (Å²) in [6.45, 7) is 3.60. The Kier molecular flexibility index (Phi) is 3.52. The van der Waals surface area contributed by atoms with Crippen molar-refractivity contribution in [2.45, 2.75) is 13.3 Å². The summed E-state index contributed by atoms with van der Waals surface area (Å²) < 4.78 is 5.81. The molecule has 0 aromatic heterocycles. The first kappa shape index (κ1) is 13.5. The molecule has 0 saturated heterocycles. The number of fused-ring (bicyclic) bond motifs is 1. The maximum atomic E-state index is 7.85. The molecule has 1 aliphatic rings. The van der Waals surface area contributed by atoms with Crippen LogP contribution in [0.3, 0.4) is 0 Å². The van der Waals surface area contributed by atoms with E-state index in [0.717, 1.165) is 41.2 Å². The van der Waals surface area contributed by atoms with E-state index in [9.17, 15) is 0 Å². The number of nitrogens with two attached hydrogens (primary N) is 1. The molecule has 0 radical (unpaired) electrons. The van der Waals surface area contributed by atoms with Gasteiger partial charge >= 0.3 is 0 Å². The van der Waals surface area contributed by atoms with Gasteiger partial charge in [0, 0.05) is 12.1 Å². The van der Waals surface area contributed by atoms with Crippen molar-refractivity contribution in [3.8, 4) is 5.75 Å². The fourth-order valence-electron chi connectivity index (χ4n) is 2.79. The highest BCUT2D eigenvalue weighted by Gasteiger charge is 2.21. The smallest absolute Gasteiger partial charge is 0.142 e. The number of nitrogens with zero attached hydrogens (tertiary/aromatic N) is 1. The Morgan fingerprint density at radius 2 is 2.00 bits per heavy atom. The van der Waals surface area contributed by atoms with Gasteiger partial charge < -0.3 is 15.4 Å². The minimum atomic E-state index is 0.0938. The van der Waals surface area contributed by atoms with Gasteiger partial charge in [-0.2, -0.15) is 0 Å². The van der Waals surface area contributed by atoms with Crippen molar-refractivity contribution in [1.82, 2.24) is 0 Å². The number of para-hydroxylation sites is 3. The lowest BCUT2D eigenvalue weighted by Crippen LogP contribution is -2.23. The van der Waals surface area contributed by atoms with E-state index in [-0.39, 0.29) is 5.84 Å². The highest BCUT2D eigenvalue weighted by molar-refractivity contribution is 6.02. The van der Waals surface area contributed by atoms with E-state index in [4.69, 9.17) is 15.9 Å². The van der Waals surface area contributed by atoms with E-state index in [1.807, 2.05) is 30.3 Å². The second kappa shape index (κ2) is 5.48. The number of aryl methyl sites for hydroxylation is 1. The summed E-state index contributed by atoms with van der Waals surface area (Å²) in [7, 11) is 0. The number of anilines is 2. The first-order chi connectivity index (χ1) is 10.2. The molecular formula is C17H19N3O. The monoisotopic (exact) mass is 281 g/mol. The first-order valence-electron chi connectivity index (χ1n) is 7.12. The molecule has 1 aliphatic heterocycles. The van der Waals surface area contributed by atoms with E-state index >= 15 is 0 Å². The van der Waals surface area contributed by atoms with Gasteiger partial charge in [-0.1, -0.05) is 24.3 Å². The molecule has 0 aliphatic carbocycles. The maximum absolute atomic E-state index is 7.85. The molecule has 21 heavy (non-hydrogen) atoms. The van der Waals surface area contributed by atoms with Gasteiger partial charge in [0.2, 0.25) is 0 Å². The highest BCUT2D eigenvalue weighted by Crippen LogP contribution is 2.38. The lowest BCUT2D eigenvalue weighted by molar-refractivity contribution is 0.322. The van der Waals surface area contributed by atoms with Gasteiger partial charge in [-0.25, -0.2) is 0 Å². The maximum Gasteiger partial charge on any atom is 0.142 e. The van der Waals surface area contributed by atoms with Crippen molar-refractivity contribution < 1.29 is 4.74 Å². The minimum absolute atomic E-state index is 0.0938. The van der Waals surface area contributed by atoms with Gasteiger partial charge in [0.25, 0.3) is 0 Å². The van der Waals surface area contributed by atoms with E-state index in [2.05, 4.69) is 24.0 Å². The number of amidine groups is 1. The number of benzene rings is 2. The predicted octanol–water partition coefficient (Wildman–Crippen LogP) is 3.20. The molecule has 2 aromatic rings. The Morgan fingerprint density at radius 1 is 1.19 bits per heavy atom. The van der Waals surface area contributed by atoms with Crippen molar-refractivity contribution in [2.24, 2.45) is 5.73 Å². The molecule has 3 rings (SSSR count). The van der Waals surface area contributed by atoms with Crippen LogP contribution in [0.4, 0.5) is 11.4 Å².